The Morgan fingerprint density at radius 3 is 2.52 bits per heavy atom. The highest BCUT2D eigenvalue weighted by Crippen LogP contribution is 2.56. The van der Waals surface area contributed by atoms with E-state index in [-0.39, 0.29) is 18.1 Å². The van der Waals surface area contributed by atoms with Gasteiger partial charge in [-0.15, -0.1) is 12.3 Å². The minimum absolute atomic E-state index is 0.0648. The summed E-state index contributed by atoms with van der Waals surface area (Å²) in [7, 11) is -3.52. The van der Waals surface area contributed by atoms with Gasteiger partial charge in [0, 0.05) is 23.2 Å². The van der Waals surface area contributed by atoms with E-state index in [1.54, 1.807) is 30.3 Å². The smallest absolute Gasteiger partial charge is 0.181 e. The van der Waals surface area contributed by atoms with Crippen LogP contribution in [-0.4, -0.2) is 19.5 Å². The molecule has 2 bridgehead atoms. The molecule has 3 aliphatic rings. The number of fused-ring (bicyclic) bond motifs is 2. The Balaban J connectivity index is 2.12. The Kier molecular flexibility index (Phi) is 3.53. The summed E-state index contributed by atoms with van der Waals surface area (Å²) in [5.41, 5.74) is -1.57. The van der Waals surface area contributed by atoms with Gasteiger partial charge in [-0.2, -0.15) is 0 Å². The summed E-state index contributed by atoms with van der Waals surface area (Å²) in [5.74, 6) is 2.26. The average Bonchev–Trinajstić information content (AvgIpc) is 2.53. The Bertz CT molecular complexity index is 816. The van der Waals surface area contributed by atoms with E-state index in [4.69, 9.17) is 6.42 Å². The summed E-state index contributed by atoms with van der Waals surface area (Å²) in [5, 5.41) is -0.615. The minimum atomic E-state index is -3.52. The standard InChI is InChI=1S/C19H20O3S/c1-4-11-19(3)15-10-12-18(2,17(19)20)13-16(15)23(21,22)14-8-6-5-7-9-14/h1,5-10,12,15-16H,11,13H2,2-3H3/t15-,16+,18+,19-/m0/s1. The first-order valence-corrected chi connectivity index (χ1v) is 9.27. The second-order valence-electron chi connectivity index (χ2n) is 7.03. The molecular weight excluding hydrogens is 308 g/mol. The number of rotatable bonds is 3. The zero-order chi connectivity index (χ0) is 16.9. The van der Waals surface area contributed by atoms with Crippen LogP contribution in [0, 0.1) is 29.1 Å². The highest BCUT2D eigenvalue weighted by molar-refractivity contribution is 7.92. The Morgan fingerprint density at radius 1 is 1.26 bits per heavy atom. The maximum atomic E-state index is 13.1. The maximum absolute atomic E-state index is 13.1. The van der Waals surface area contributed by atoms with E-state index in [1.165, 1.54) is 0 Å². The number of ketones is 1. The number of sulfone groups is 1. The van der Waals surface area contributed by atoms with E-state index in [9.17, 15) is 13.2 Å². The van der Waals surface area contributed by atoms with Crippen LogP contribution < -0.4 is 0 Å². The van der Waals surface area contributed by atoms with Gasteiger partial charge < -0.3 is 0 Å². The lowest BCUT2D eigenvalue weighted by atomic mass is 9.52. The molecule has 4 atom stereocenters. The fourth-order valence-electron chi connectivity index (χ4n) is 4.15. The molecular formula is C19H20O3S. The second-order valence-corrected chi connectivity index (χ2v) is 9.20. The number of hydrogen-bond donors (Lipinski definition) is 0. The third-order valence-corrected chi connectivity index (χ3v) is 7.60. The lowest BCUT2D eigenvalue weighted by Crippen LogP contribution is -2.58. The molecule has 1 aromatic carbocycles. The lowest BCUT2D eigenvalue weighted by molar-refractivity contribution is -0.142. The molecule has 120 valence electrons. The van der Waals surface area contributed by atoms with Gasteiger partial charge >= 0.3 is 0 Å². The van der Waals surface area contributed by atoms with Crippen LogP contribution in [0.15, 0.2) is 47.4 Å². The van der Waals surface area contributed by atoms with Gasteiger partial charge in [-0.25, -0.2) is 8.42 Å². The molecule has 23 heavy (non-hydrogen) atoms. The van der Waals surface area contributed by atoms with Crippen molar-refractivity contribution in [1.29, 1.82) is 0 Å². The van der Waals surface area contributed by atoms with Gasteiger partial charge in [-0.1, -0.05) is 37.3 Å². The van der Waals surface area contributed by atoms with Crippen LogP contribution in [0.3, 0.4) is 0 Å². The third kappa shape index (κ3) is 2.18. The second kappa shape index (κ2) is 5.07. The molecule has 0 radical (unpaired) electrons. The molecule has 0 aromatic heterocycles. The van der Waals surface area contributed by atoms with Crippen molar-refractivity contribution >= 4 is 15.6 Å². The van der Waals surface area contributed by atoms with Crippen LogP contribution in [0.25, 0.3) is 0 Å². The van der Waals surface area contributed by atoms with Crippen molar-refractivity contribution in [2.75, 3.05) is 0 Å². The molecule has 0 spiro atoms. The summed E-state index contributed by atoms with van der Waals surface area (Å²) in [6.45, 7) is 3.64. The van der Waals surface area contributed by atoms with E-state index in [0.29, 0.717) is 11.3 Å². The molecule has 0 N–H and O–H groups in total. The molecule has 4 heteroatoms. The molecule has 0 heterocycles. The van der Waals surface area contributed by atoms with E-state index in [2.05, 4.69) is 5.92 Å². The zero-order valence-electron chi connectivity index (χ0n) is 13.3. The van der Waals surface area contributed by atoms with E-state index < -0.39 is 25.9 Å². The number of allylic oxidation sites excluding steroid dienone is 2. The van der Waals surface area contributed by atoms with Crippen molar-refractivity contribution in [3.63, 3.8) is 0 Å². The summed E-state index contributed by atoms with van der Waals surface area (Å²) < 4.78 is 26.2. The minimum Gasteiger partial charge on any atom is -0.298 e. The van der Waals surface area contributed by atoms with E-state index >= 15 is 0 Å². The molecule has 3 nitrogen and oxygen atoms in total. The Morgan fingerprint density at radius 2 is 1.91 bits per heavy atom. The quantitative estimate of drug-likeness (QED) is 0.633. The number of carbonyl (C=O) groups excluding carboxylic acids is 1. The van der Waals surface area contributed by atoms with Gasteiger partial charge in [0.25, 0.3) is 0 Å². The average molecular weight is 328 g/mol. The summed E-state index contributed by atoms with van der Waals surface area (Å²) in [4.78, 5) is 13.2. The molecule has 1 saturated carbocycles. The SMILES string of the molecule is C#CC[C@]1(C)C(=O)[C@]2(C)C=C[C@H]1[C@H](S(=O)(=O)c1ccccc1)C2. The molecule has 0 saturated heterocycles. The lowest BCUT2D eigenvalue weighted by Gasteiger charge is -2.52. The number of terminal acetylenes is 1. The highest BCUT2D eigenvalue weighted by Gasteiger charge is 2.60. The van der Waals surface area contributed by atoms with Gasteiger partial charge in [0.05, 0.1) is 10.1 Å². The zero-order valence-corrected chi connectivity index (χ0v) is 14.1. The molecule has 1 aromatic rings. The summed E-state index contributed by atoms with van der Waals surface area (Å²) >= 11 is 0. The van der Waals surface area contributed by atoms with Gasteiger partial charge in [0.1, 0.15) is 5.78 Å². The van der Waals surface area contributed by atoms with Gasteiger partial charge in [0.15, 0.2) is 9.84 Å². The summed E-state index contributed by atoms with van der Waals surface area (Å²) in [6.07, 6.45) is 9.82. The normalized spacial score (nSPS) is 36.0. The fourth-order valence-corrected chi connectivity index (χ4v) is 6.37. The van der Waals surface area contributed by atoms with Gasteiger partial charge in [-0.3, -0.25) is 4.79 Å². The first-order chi connectivity index (χ1) is 10.8. The number of Topliss-reactive ketones (excluding diaryl/α,β-unsaturated/α-hetero) is 1. The van der Waals surface area contributed by atoms with Crippen molar-refractivity contribution < 1.29 is 13.2 Å². The van der Waals surface area contributed by atoms with Crippen LogP contribution in [0.1, 0.15) is 26.7 Å². The van der Waals surface area contributed by atoms with Crippen LogP contribution in [0.2, 0.25) is 0 Å². The summed E-state index contributed by atoms with van der Waals surface area (Å²) in [6, 6.07) is 8.46. The van der Waals surface area contributed by atoms with Gasteiger partial charge in [-0.05, 0) is 25.5 Å². The monoisotopic (exact) mass is 328 g/mol. The first kappa shape index (κ1) is 16.0. The molecule has 0 unspecified atom stereocenters. The number of hydrogen-bond acceptors (Lipinski definition) is 3. The molecule has 1 fully saturated rings. The van der Waals surface area contributed by atoms with Gasteiger partial charge in [0.2, 0.25) is 0 Å². The Labute approximate surface area is 137 Å². The molecule has 4 rings (SSSR count). The van der Waals surface area contributed by atoms with Crippen LogP contribution in [0.5, 0.6) is 0 Å². The predicted molar refractivity (Wildman–Crippen MR) is 89.3 cm³/mol. The van der Waals surface area contributed by atoms with Crippen molar-refractivity contribution in [2.24, 2.45) is 16.7 Å². The predicted octanol–water partition coefficient (Wildman–Crippen LogP) is 3.02. The number of carbonyl (C=O) groups is 1. The largest absolute Gasteiger partial charge is 0.298 e. The first-order valence-electron chi connectivity index (χ1n) is 7.72. The van der Waals surface area contributed by atoms with Crippen molar-refractivity contribution in [3.05, 3.63) is 42.5 Å². The van der Waals surface area contributed by atoms with Crippen LogP contribution >= 0.6 is 0 Å². The third-order valence-electron chi connectivity index (χ3n) is 5.41. The highest BCUT2D eigenvalue weighted by atomic mass is 32.2. The Hall–Kier alpha value is -1.86. The van der Waals surface area contributed by atoms with E-state index in [0.717, 1.165) is 0 Å². The maximum Gasteiger partial charge on any atom is 0.181 e. The van der Waals surface area contributed by atoms with E-state index in [1.807, 2.05) is 26.0 Å². The van der Waals surface area contributed by atoms with Crippen molar-refractivity contribution in [3.8, 4) is 12.3 Å². The number of benzene rings is 1. The van der Waals surface area contributed by atoms with Crippen molar-refractivity contribution in [2.45, 2.75) is 36.8 Å². The molecule has 0 amide bonds. The molecule has 0 aliphatic heterocycles. The molecule has 3 aliphatic carbocycles. The van der Waals surface area contributed by atoms with Crippen molar-refractivity contribution in [1.82, 2.24) is 0 Å². The fraction of sp³-hybridized carbons (Fsp3) is 0.421. The van der Waals surface area contributed by atoms with Crippen LogP contribution in [-0.2, 0) is 14.6 Å². The van der Waals surface area contributed by atoms with Crippen LogP contribution in [0.4, 0.5) is 0 Å². The topological polar surface area (TPSA) is 51.2 Å².